The van der Waals surface area contributed by atoms with Crippen molar-refractivity contribution in [1.82, 2.24) is 5.54 Å². The summed E-state index contributed by atoms with van der Waals surface area (Å²) in [7, 11) is 0. The highest BCUT2D eigenvalue weighted by Crippen LogP contribution is 2.15. The Labute approximate surface area is 63.8 Å². The summed E-state index contributed by atoms with van der Waals surface area (Å²) < 4.78 is 11.7. The van der Waals surface area contributed by atoms with Crippen LogP contribution >= 0.6 is 11.6 Å². The molecule has 54 valence electrons. The molecule has 0 aliphatic heterocycles. The van der Waals surface area contributed by atoms with Gasteiger partial charge in [0.15, 0.2) is 0 Å². The molecule has 0 radical (unpaired) electrons. The van der Waals surface area contributed by atoms with Crippen LogP contribution in [0.15, 0.2) is 30.3 Å². The van der Waals surface area contributed by atoms with Gasteiger partial charge in [0.1, 0.15) is 5.50 Å². The van der Waals surface area contributed by atoms with E-state index in [0.29, 0.717) is 0 Å². The molecule has 1 N–H and O–H groups in total. The Balaban J connectivity index is 2.75. The first kappa shape index (κ1) is 7.51. The van der Waals surface area contributed by atoms with Crippen LogP contribution in [0.3, 0.4) is 0 Å². The molecule has 1 aromatic rings. The molecule has 0 fully saturated rings. The van der Waals surface area contributed by atoms with Gasteiger partial charge in [0.25, 0.3) is 0 Å². The van der Waals surface area contributed by atoms with Crippen molar-refractivity contribution in [2.75, 3.05) is 0 Å². The lowest BCUT2D eigenvalue weighted by Gasteiger charge is -2.03. The third-order valence-corrected chi connectivity index (χ3v) is 1.52. The molecular formula is C7H7ClFN. The first-order valence-electron chi connectivity index (χ1n) is 2.90. The van der Waals surface area contributed by atoms with Crippen molar-refractivity contribution in [2.24, 2.45) is 0 Å². The van der Waals surface area contributed by atoms with Crippen LogP contribution in [0.25, 0.3) is 0 Å². The highest BCUT2D eigenvalue weighted by atomic mass is 35.5. The van der Waals surface area contributed by atoms with Gasteiger partial charge in [-0.1, -0.05) is 41.9 Å². The lowest BCUT2D eigenvalue weighted by atomic mass is 10.2. The van der Waals surface area contributed by atoms with Gasteiger partial charge in [-0.3, -0.25) is 0 Å². The average Bonchev–Trinajstić information content (AvgIpc) is 2.05. The second-order valence-electron chi connectivity index (χ2n) is 1.88. The van der Waals surface area contributed by atoms with Gasteiger partial charge in [0.05, 0.1) is 0 Å². The SMILES string of the molecule is FNC(Cl)c1ccccc1. The van der Waals surface area contributed by atoms with Gasteiger partial charge < -0.3 is 0 Å². The summed E-state index contributed by atoms with van der Waals surface area (Å²) in [5, 5.41) is 0. The Morgan fingerprint density at radius 2 is 1.90 bits per heavy atom. The van der Waals surface area contributed by atoms with Crippen LogP contribution in [0.5, 0.6) is 0 Å². The zero-order chi connectivity index (χ0) is 7.40. The Morgan fingerprint density at radius 3 is 2.40 bits per heavy atom. The van der Waals surface area contributed by atoms with E-state index in [1.54, 1.807) is 12.1 Å². The summed E-state index contributed by atoms with van der Waals surface area (Å²) >= 11 is 5.50. The monoisotopic (exact) mass is 159 g/mol. The maximum atomic E-state index is 11.7. The van der Waals surface area contributed by atoms with Crippen LogP contribution in [0.2, 0.25) is 0 Å². The van der Waals surface area contributed by atoms with E-state index in [4.69, 9.17) is 11.6 Å². The van der Waals surface area contributed by atoms with E-state index in [9.17, 15) is 4.48 Å². The number of benzene rings is 1. The largest absolute Gasteiger partial charge is 0.137 e. The lowest BCUT2D eigenvalue weighted by Crippen LogP contribution is -2.04. The molecule has 0 spiro atoms. The summed E-state index contributed by atoms with van der Waals surface area (Å²) in [6.07, 6.45) is 0. The highest BCUT2D eigenvalue weighted by molar-refractivity contribution is 6.20. The van der Waals surface area contributed by atoms with E-state index in [0.717, 1.165) is 5.56 Å². The summed E-state index contributed by atoms with van der Waals surface area (Å²) in [4.78, 5) is 0. The van der Waals surface area contributed by atoms with E-state index in [-0.39, 0.29) is 0 Å². The molecule has 10 heavy (non-hydrogen) atoms. The maximum absolute atomic E-state index is 11.7. The quantitative estimate of drug-likeness (QED) is 0.397. The van der Waals surface area contributed by atoms with Gasteiger partial charge in [0, 0.05) is 0 Å². The van der Waals surface area contributed by atoms with Gasteiger partial charge in [-0.2, -0.15) is 0 Å². The molecule has 0 saturated heterocycles. The van der Waals surface area contributed by atoms with E-state index < -0.39 is 5.50 Å². The van der Waals surface area contributed by atoms with Crippen LogP contribution < -0.4 is 5.54 Å². The number of alkyl halides is 1. The number of hydrogen-bond donors (Lipinski definition) is 1. The minimum atomic E-state index is -0.735. The minimum absolute atomic E-state index is 0.728. The van der Waals surface area contributed by atoms with Crippen molar-refractivity contribution < 1.29 is 4.48 Å². The van der Waals surface area contributed by atoms with Crippen molar-refractivity contribution in [3.05, 3.63) is 35.9 Å². The lowest BCUT2D eigenvalue weighted by molar-refractivity contribution is 0.320. The number of hydrogen-bond acceptors (Lipinski definition) is 1. The molecule has 0 amide bonds. The zero-order valence-electron chi connectivity index (χ0n) is 5.22. The van der Waals surface area contributed by atoms with Gasteiger partial charge in [-0.15, -0.1) is 10.0 Å². The topological polar surface area (TPSA) is 12.0 Å². The number of rotatable bonds is 2. The fourth-order valence-electron chi connectivity index (χ4n) is 0.685. The van der Waals surface area contributed by atoms with Crippen LogP contribution in [-0.2, 0) is 0 Å². The van der Waals surface area contributed by atoms with Crippen molar-refractivity contribution in [3.8, 4) is 0 Å². The number of nitrogens with one attached hydrogen (secondary N) is 1. The van der Waals surface area contributed by atoms with Crippen molar-refractivity contribution in [2.45, 2.75) is 5.50 Å². The highest BCUT2D eigenvalue weighted by Gasteiger charge is 2.03. The molecule has 0 aromatic heterocycles. The van der Waals surface area contributed by atoms with Gasteiger partial charge in [0.2, 0.25) is 0 Å². The van der Waals surface area contributed by atoms with E-state index in [2.05, 4.69) is 0 Å². The number of halogens is 2. The Kier molecular flexibility index (Phi) is 2.66. The molecule has 1 rings (SSSR count). The fourth-order valence-corrected chi connectivity index (χ4v) is 0.830. The third kappa shape index (κ3) is 1.69. The molecule has 1 unspecified atom stereocenters. The van der Waals surface area contributed by atoms with E-state index in [1.165, 1.54) is 5.54 Å². The Bertz CT molecular complexity index is 190. The van der Waals surface area contributed by atoms with Gasteiger partial charge in [-0.05, 0) is 5.56 Å². The molecule has 0 aliphatic rings. The Hall–Kier alpha value is -0.600. The molecule has 1 aromatic carbocycles. The molecular weight excluding hydrogens is 153 g/mol. The summed E-state index contributed by atoms with van der Waals surface area (Å²) in [6, 6.07) is 8.98. The predicted octanol–water partition coefficient (Wildman–Crippen LogP) is 2.40. The molecule has 1 atom stereocenters. The van der Waals surface area contributed by atoms with Gasteiger partial charge >= 0.3 is 0 Å². The molecule has 3 heteroatoms. The first-order chi connectivity index (χ1) is 4.84. The van der Waals surface area contributed by atoms with Crippen molar-refractivity contribution in [3.63, 3.8) is 0 Å². The summed E-state index contributed by atoms with van der Waals surface area (Å²) in [5.74, 6) is 0. The standard InChI is InChI=1S/C7H7ClFN/c8-7(10-9)6-4-2-1-3-5-6/h1-5,7,10H. The van der Waals surface area contributed by atoms with E-state index >= 15 is 0 Å². The summed E-state index contributed by atoms with van der Waals surface area (Å²) in [6.45, 7) is 0. The maximum Gasteiger partial charge on any atom is 0.136 e. The van der Waals surface area contributed by atoms with Crippen LogP contribution in [0.1, 0.15) is 11.1 Å². The van der Waals surface area contributed by atoms with Crippen LogP contribution in [0, 0.1) is 0 Å². The molecule has 0 aliphatic carbocycles. The molecule has 0 bridgehead atoms. The zero-order valence-corrected chi connectivity index (χ0v) is 5.98. The smallest absolute Gasteiger partial charge is 0.136 e. The van der Waals surface area contributed by atoms with Crippen LogP contribution in [0.4, 0.5) is 4.48 Å². The molecule has 1 nitrogen and oxygen atoms in total. The predicted molar refractivity (Wildman–Crippen MR) is 39.3 cm³/mol. The fraction of sp³-hybridized carbons (Fsp3) is 0.143. The minimum Gasteiger partial charge on any atom is -0.137 e. The molecule has 0 heterocycles. The molecule has 0 saturated carbocycles. The normalized spacial score (nSPS) is 13.0. The second kappa shape index (κ2) is 3.54. The van der Waals surface area contributed by atoms with Crippen molar-refractivity contribution >= 4 is 11.6 Å². The second-order valence-corrected chi connectivity index (χ2v) is 2.32. The average molecular weight is 160 g/mol. The Morgan fingerprint density at radius 1 is 1.30 bits per heavy atom. The first-order valence-corrected chi connectivity index (χ1v) is 3.33. The van der Waals surface area contributed by atoms with Gasteiger partial charge in [-0.25, -0.2) is 0 Å². The van der Waals surface area contributed by atoms with E-state index in [1.807, 2.05) is 18.2 Å². The summed E-state index contributed by atoms with van der Waals surface area (Å²) in [5.41, 5.74) is 1.44. The third-order valence-electron chi connectivity index (χ3n) is 1.19. The van der Waals surface area contributed by atoms with Crippen molar-refractivity contribution in [1.29, 1.82) is 0 Å². The van der Waals surface area contributed by atoms with Crippen LogP contribution in [-0.4, -0.2) is 0 Å².